The number of aliphatic hydroxyl groups is 1. The van der Waals surface area contributed by atoms with Crippen LogP contribution in [0, 0.1) is 23.2 Å². The van der Waals surface area contributed by atoms with Crippen LogP contribution in [0.15, 0.2) is 24.3 Å². The van der Waals surface area contributed by atoms with E-state index in [1.54, 1.807) is 14.0 Å². The number of rotatable bonds is 18. The van der Waals surface area contributed by atoms with Crippen molar-refractivity contribution < 1.29 is 33.3 Å². The molecule has 7 nitrogen and oxygen atoms in total. The van der Waals surface area contributed by atoms with Crippen molar-refractivity contribution in [3.63, 3.8) is 0 Å². The van der Waals surface area contributed by atoms with E-state index in [1.165, 1.54) is 0 Å². The molecule has 0 aliphatic rings. The highest BCUT2D eigenvalue weighted by atomic mass is 28.4. The lowest BCUT2D eigenvalue weighted by molar-refractivity contribution is -0.156. The van der Waals surface area contributed by atoms with Crippen molar-refractivity contribution in [2.45, 2.75) is 106 Å². The van der Waals surface area contributed by atoms with Gasteiger partial charge in [0, 0.05) is 11.8 Å². The van der Waals surface area contributed by atoms with Gasteiger partial charge in [-0.05, 0) is 68.9 Å². The Morgan fingerprint density at radius 2 is 1.51 bits per heavy atom. The predicted octanol–water partition coefficient (Wildman–Crippen LogP) is 6.42. The van der Waals surface area contributed by atoms with Crippen LogP contribution in [0.2, 0.25) is 18.1 Å². The van der Waals surface area contributed by atoms with Crippen LogP contribution in [-0.2, 0) is 30.1 Å². The van der Waals surface area contributed by atoms with E-state index in [4.69, 9.17) is 18.6 Å². The van der Waals surface area contributed by atoms with Gasteiger partial charge in [0.25, 0.3) is 0 Å². The van der Waals surface area contributed by atoms with Crippen LogP contribution in [0.4, 0.5) is 0 Å². The Balaban J connectivity index is 2.79. The molecular formula is C31H54O7Si. The molecule has 39 heavy (non-hydrogen) atoms. The zero-order chi connectivity index (χ0) is 29.8. The molecule has 0 saturated carbocycles. The third-order valence-electron chi connectivity index (χ3n) is 7.82. The van der Waals surface area contributed by atoms with E-state index in [-0.39, 0.29) is 42.9 Å². The lowest BCUT2D eigenvalue weighted by Gasteiger charge is -2.36. The van der Waals surface area contributed by atoms with Gasteiger partial charge in [-0.2, -0.15) is 0 Å². The van der Waals surface area contributed by atoms with E-state index < -0.39 is 25.8 Å². The van der Waals surface area contributed by atoms with Gasteiger partial charge in [-0.15, -0.1) is 0 Å². The molecule has 8 heteroatoms. The van der Waals surface area contributed by atoms with Crippen LogP contribution >= 0.6 is 0 Å². The Morgan fingerprint density at radius 1 is 0.949 bits per heavy atom. The summed E-state index contributed by atoms with van der Waals surface area (Å²) in [4.78, 5) is 25.6. The number of benzene rings is 1. The summed E-state index contributed by atoms with van der Waals surface area (Å²) in [5.41, 5.74) is 0.401. The number of esters is 1. The molecule has 0 saturated heterocycles. The fraction of sp³-hybridized carbons (Fsp3) is 0.742. The summed E-state index contributed by atoms with van der Waals surface area (Å²) < 4.78 is 23.3. The van der Waals surface area contributed by atoms with Gasteiger partial charge in [-0.1, -0.05) is 53.7 Å². The van der Waals surface area contributed by atoms with Crippen molar-refractivity contribution >= 4 is 20.1 Å². The summed E-state index contributed by atoms with van der Waals surface area (Å²) in [5.74, 6) is -0.630. The van der Waals surface area contributed by atoms with Gasteiger partial charge in [0.05, 0.1) is 37.9 Å². The molecule has 0 unspecified atom stereocenters. The lowest BCUT2D eigenvalue weighted by Crippen LogP contribution is -2.44. The average molecular weight is 567 g/mol. The van der Waals surface area contributed by atoms with Gasteiger partial charge >= 0.3 is 5.97 Å². The Hall–Kier alpha value is -1.74. The SMILES string of the molecule is CC[Si](CC)(CC)O[C@H](COC(=O)C(C)(C)C)C[C@H](C)[C@H](O)[C@@H](C)C(=O)[C@@H](C)COCc1ccc(OC)cc1. The fourth-order valence-corrected chi connectivity index (χ4v) is 7.58. The average Bonchev–Trinajstić information content (AvgIpc) is 2.92. The second kappa shape index (κ2) is 16.5. The van der Waals surface area contributed by atoms with E-state index in [0.717, 1.165) is 29.4 Å². The first-order chi connectivity index (χ1) is 18.2. The van der Waals surface area contributed by atoms with Crippen molar-refractivity contribution in [3.8, 4) is 5.75 Å². The third kappa shape index (κ3) is 11.3. The molecule has 224 valence electrons. The van der Waals surface area contributed by atoms with Gasteiger partial charge in [0.2, 0.25) is 0 Å². The maximum absolute atomic E-state index is 13.1. The molecule has 0 heterocycles. The first-order valence-electron chi connectivity index (χ1n) is 14.5. The van der Waals surface area contributed by atoms with Gasteiger partial charge in [-0.25, -0.2) is 0 Å². The van der Waals surface area contributed by atoms with Gasteiger partial charge in [0.15, 0.2) is 8.32 Å². The van der Waals surface area contributed by atoms with Crippen molar-refractivity contribution in [2.75, 3.05) is 20.3 Å². The number of hydrogen-bond donors (Lipinski definition) is 1. The summed E-state index contributed by atoms with van der Waals surface area (Å²) in [7, 11) is -0.353. The number of aliphatic hydroxyl groups excluding tert-OH is 1. The molecule has 1 aromatic rings. The molecule has 1 rings (SSSR count). The van der Waals surface area contributed by atoms with E-state index in [1.807, 2.05) is 58.9 Å². The Kier molecular flexibility index (Phi) is 14.9. The van der Waals surface area contributed by atoms with E-state index >= 15 is 0 Å². The zero-order valence-corrected chi connectivity index (χ0v) is 27.0. The molecule has 0 aliphatic heterocycles. The molecule has 0 amide bonds. The quantitative estimate of drug-likeness (QED) is 0.162. The van der Waals surface area contributed by atoms with Crippen LogP contribution < -0.4 is 4.74 Å². The molecule has 0 spiro atoms. The van der Waals surface area contributed by atoms with Crippen LogP contribution in [0.3, 0.4) is 0 Å². The Labute approximate surface area is 238 Å². The van der Waals surface area contributed by atoms with E-state index in [0.29, 0.717) is 13.0 Å². The molecule has 0 fully saturated rings. The largest absolute Gasteiger partial charge is 0.497 e. The predicted molar refractivity (Wildman–Crippen MR) is 158 cm³/mol. The second-order valence-corrected chi connectivity index (χ2v) is 16.7. The standard InChI is InChI=1S/C31H54O7Si/c1-11-39(12-2,13-3)38-27(21-37-30(34)31(7,8)9)18-22(4)28(32)24(6)29(33)23(5)19-36-20-25-14-16-26(35-10)17-15-25/h14-17,22-24,27-28,32H,11-13,18-21H2,1-10H3/t22-,23-,24+,27-,28-/m0/s1. The minimum absolute atomic E-state index is 0.0277. The monoisotopic (exact) mass is 566 g/mol. The number of methoxy groups -OCH3 is 1. The van der Waals surface area contributed by atoms with Crippen molar-refractivity contribution in [1.82, 2.24) is 0 Å². The highest BCUT2D eigenvalue weighted by Gasteiger charge is 2.36. The molecular weight excluding hydrogens is 512 g/mol. The number of hydrogen-bond acceptors (Lipinski definition) is 7. The second-order valence-electron chi connectivity index (χ2n) is 12.0. The molecule has 0 aliphatic carbocycles. The number of carbonyl (C=O) groups excluding carboxylic acids is 2. The highest BCUT2D eigenvalue weighted by molar-refractivity contribution is 6.73. The van der Waals surface area contributed by atoms with Crippen molar-refractivity contribution in [3.05, 3.63) is 29.8 Å². The van der Waals surface area contributed by atoms with Gasteiger partial charge in [0.1, 0.15) is 18.1 Å². The maximum Gasteiger partial charge on any atom is 0.311 e. The Morgan fingerprint density at radius 3 is 2.00 bits per heavy atom. The third-order valence-corrected chi connectivity index (χ3v) is 12.5. The van der Waals surface area contributed by atoms with Gasteiger partial charge < -0.3 is 23.7 Å². The van der Waals surface area contributed by atoms with Crippen molar-refractivity contribution in [1.29, 1.82) is 0 Å². The number of ketones is 1. The minimum atomic E-state index is -1.98. The molecule has 1 N–H and O–H groups in total. The summed E-state index contributed by atoms with van der Waals surface area (Å²) in [6.07, 6.45) is -0.653. The first-order valence-corrected chi connectivity index (χ1v) is 17.0. The molecule has 0 radical (unpaired) electrons. The lowest BCUT2D eigenvalue weighted by atomic mass is 9.83. The van der Waals surface area contributed by atoms with Crippen LogP contribution in [0.25, 0.3) is 0 Å². The van der Waals surface area contributed by atoms with Crippen LogP contribution in [0.5, 0.6) is 5.75 Å². The zero-order valence-electron chi connectivity index (χ0n) is 26.0. The van der Waals surface area contributed by atoms with E-state index in [9.17, 15) is 14.7 Å². The van der Waals surface area contributed by atoms with Crippen molar-refractivity contribution in [2.24, 2.45) is 23.2 Å². The number of carbonyl (C=O) groups is 2. The first kappa shape index (κ1) is 35.3. The number of Topliss-reactive ketones (excluding diaryl/α,β-unsaturated/α-hetero) is 1. The molecule has 0 aromatic heterocycles. The normalized spacial score (nSPS) is 16.2. The maximum atomic E-state index is 13.1. The Bertz CT molecular complexity index is 852. The smallest absolute Gasteiger partial charge is 0.311 e. The highest BCUT2D eigenvalue weighted by Crippen LogP contribution is 2.29. The molecule has 1 aromatic carbocycles. The number of ether oxygens (including phenoxy) is 3. The minimum Gasteiger partial charge on any atom is -0.497 e. The summed E-state index contributed by atoms with van der Waals surface area (Å²) in [6, 6.07) is 10.6. The van der Waals surface area contributed by atoms with Crippen LogP contribution in [-0.4, -0.2) is 57.7 Å². The summed E-state index contributed by atoms with van der Waals surface area (Å²) >= 11 is 0. The molecule has 0 bridgehead atoms. The fourth-order valence-electron chi connectivity index (χ4n) is 4.71. The topological polar surface area (TPSA) is 91.3 Å². The van der Waals surface area contributed by atoms with E-state index in [2.05, 4.69) is 20.8 Å². The van der Waals surface area contributed by atoms with Crippen LogP contribution in [0.1, 0.15) is 74.3 Å². The molecule has 5 atom stereocenters. The summed E-state index contributed by atoms with van der Waals surface area (Å²) in [5, 5.41) is 11.2. The summed E-state index contributed by atoms with van der Waals surface area (Å²) in [6.45, 7) is 18.4. The van der Waals surface area contributed by atoms with Gasteiger partial charge in [-0.3, -0.25) is 9.59 Å².